The maximum atomic E-state index is 12.8. The van der Waals surface area contributed by atoms with Crippen LogP contribution in [0.1, 0.15) is 17.2 Å². The van der Waals surface area contributed by atoms with E-state index in [2.05, 4.69) is 20.3 Å². The molecule has 0 unspecified atom stereocenters. The molecule has 1 aliphatic rings. The summed E-state index contributed by atoms with van der Waals surface area (Å²) in [7, 11) is 3.87. The highest BCUT2D eigenvalue weighted by Crippen LogP contribution is 2.36. The van der Waals surface area contributed by atoms with Crippen LogP contribution in [0, 0.1) is 5.41 Å². The first-order chi connectivity index (χ1) is 16.2. The van der Waals surface area contributed by atoms with Crippen LogP contribution in [0.4, 0.5) is 11.6 Å². The van der Waals surface area contributed by atoms with Crippen molar-refractivity contribution < 1.29 is 5.11 Å². The van der Waals surface area contributed by atoms with Gasteiger partial charge in [-0.25, -0.2) is 14.3 Å². The summed E-state index contributed by atoms with van der Waals surface area (Å²) in [6.45, 7) is 0. The van der Waals surface area contributed by atoms with Crippen molar-refractivity contribution in [1.29, 1.82) is 5.41 Å². The van der Waals surface area contributed by atoms with E-state index in [0.717, 1.165) is 21.4 Å². The van der Waals surface area contributed by atoms with Gasteiger partial charge >= 0.3 is 5.69 Å². The SMILES string of the molecule is CN(C)[C@@H]1c2cc(Nc3ncc4c(=N)n(-c5c(Cl)cccc5Cl)c(=O)[nH]c4n3)ccc2C[C@@H]1O. The first-order valence-electron chi connectivity index (χ1n) is 10.5. The first kappa shape index (κ1) is 22.5. The van der Waals surface area contributed by atoms with Crippen molar-refractivity contribution in [2.24, 2.45) is 0 Å². The fraction of sp³-hybridized carbons (Fsp3) is 0.217. The van der Waals surface area contributed by atoms with Crippen molar-refractivity contribution >= 4 is 45.9 Å². The van der Waals surface area contributed by atoms with Crippen molar-refractivity contribution in [2.75, 3.05) is 19.4 Å². The summed E-state index contributed by atoms with van der Waals surface area (Å²) in [5, 5.41) is 22.9. The summed E-state index contributed by atoms with van der Waals surface area (Å²) >= 11 is 12.5. The van der Waals surface area contributed by atoms with Crippen molar-refractivity contribution in [3.05, 3.63) is 79.7 Å². The third-order valence-electron chi connectivity index (χ3n) is 5.93. The zero-order valence-electron chi connectivity index (χ0n) is 18.3. The minimum absolute atomic E-state index is 0.0939. The molecule has 174 valence electrons. The maximum Gasteiger partial charge on any atom is 0.333 e. The van der Waals surface area contributed by atoms with Crippen LogP contribution in [-0.4, -0.2) is 49.7 Å². The second-order valence-electron chi connectivity index (χ2n) is 8.36. The second-order valence-corrected chi connectivity index (χ2v) is 9.17. The van der Waals surface area contributed by atoms with Crippen LogP contribution in [-0.2, 0) is 6.42 Å². The quantitative estimate of drug-likeness (QED) is 0.343. The number of anilines is 2. The molecule has 34 heavy (non-hydrogen) atoms. The van der Waals surface area contributed by atoms with Gasteiger partial charge in [0.05, 0.1) is 33.3 Å². The van der Waals surface area contributed by atoms with Crippen molar-refractivity contribution in [3.63, 3.8) is 0 Å². The lowest BCUT2D eigenvalue weighted by atomic mass is 10.1. The number of nitrogens with one attached hydrogen (secondary N) is 3. The van der Waals surface area contributed by atoms with Crippen molar-refractivity contribution in [2.45, 2.75) is 18.6 Å². The molecule has 2 heterocycles. The molecule has 5 rings (SSSR count). The number of H-pyrrole nitrogens is 1. The molecule has 4 aromatic rings. The molecule has 0 bridgehead atoms. The largest absolute Gasteiger partial charge is 0.391 e. The van der Waals surface area contributed by atoms with Gasteiger partial charge in [-0.1, -0.05) is 35.3 Å². The summed E-state index contributed by atoms with van der Waals surface area (Å²) in [6.07, 6.45) is 1.61. The molecule has 0 saturated carbocycles. The molecule has 0 aliphatic heterocycles. The summed E-state index contributed by atoms with van der Waals surface area (Å²) in [5.41, 5.74) is 2.58. The summed E-state index contributed by atoms with van der Waals surface area (Å²) in [6, 6.07) is 10.6. The predicted octanol–water partition coefficient (Wildman–Crippen LogP) is 3.16. The highest BCUT2D eigenvalue weighted by Gasteiger charge is 2.32. The monoisotopic (exact) mass is 497 g/mol. The molecule has 0 radical (unpaired) electrons. The molecule has 9 nitrogen and oxygen atoms in total. The van der Waals surface area contributed by atoms with Crippen molar-refractivity contribution in [3.8, 4) is 5.69 Å². The Morgan fingerprint density at radius 2 is 1.97 bits per heavy atom. The number of nitrogens with zero attached hydrogens (tertiary/aromatic N) is 4. The number of benzene rings is 2. The number of aliphatic hydroxyl groups excluding tert-OH is 1. The van der Waals surface area contributed by atoms with Crippen LogP contribution < -0.4 is 16.5 Å². The van der Waals surface area contributed by atoms with Gasteiger partial charge in [-0.3, -0.25) is 10.4 Å². The first-order valence-corrected chi connectivity index (χ1v) is 11.3. The Bertz CT molecular complexity index is 1530. The van der Waals surface area contributed by atoms with Crippen LogP contribution in [0.25, 0.3) is 16.7 Å². The lowest BCUT2D eigenvalue weighted by Gasteiger charge is -2.24. The molecule has 0 amide bonds. The van der Waals surface area contributed by atoms with Gasteiger partial charge in [0.25, 0.3) is 0 Å². The third kappa shape index (κ3) is 3.76. The number of rotatable bonds is 4. The van der Waals surface area contributed by atoms with Crippen LogP contribution in [0.5, 0.6) is 0 Å². The van der Waals surface area contributed by atoms with Gasteiger partial charge in [-0.15, -0.1) is 0 Å². The van der Waals surface area contributed by atoms with Crippen LogP contribution in [0.2, 0.25) is 10.0 Å². The standard InChI is InChI=1S/C23H21Cl2N7O2/c1-31(2)18-13-9-12(7-6-11(13)8-17(18)33)28-22-27-10-14-20(26)32(23(34)30-21(14)29-22)19-15(24)4-3-5-16(19)25/h3-7,9-10,17-18,26,33H,8H2,1-2H3,(H2,27,28,29,30,34)/t17-,18+/m0/s1. The lowest BCUT2D eigenvalue weighted by molar-refractivity contribution is 0.0902. The molecule has 0 spiro atoms. The average Bonchev–Trinajstić information content (AvgIpc) is 3.10. The van der Waals surface area contributed by atoms with Crippen molar-refractivity contribution in [1.82, 2.24) is 24.4 Å². The van der Waals surface area contributed by atoms with E-state index in [0.29, 0.717) is 11.8 Å². The van der Waals surface area contributed by atoms with E-state index in [1.54, 1.807) is 18.2 Å². The van der Waals surface area contributed by atoms with E-state index in [1.165, 1.54) is 6.20 Å². The molecule has 2 aromatic carbocycles. The number of aromatic amines is 1. The minimum Gasteiger partial charge on any atom is -0.391 e. The Morgan fingerprint density at radius 1 is 1.24 bits per heavy atom. The number of hydrogen-bond donors (Lipinski definition) is 4. The Labute approximate surface area is 204 Å². The fourth-order valence-corrected chi connectivity index (χ4v) is 5.00. The highest BCUT2D eigenvalue weighted by molar-refractivity contribution is 6.37. The van der Waals surface area contributed by atoms with E-state index in [4.69, 9.17) is 28.6 Å². The van der Waals surface area contributed by atoms with Gasteiger partial charge < -0.3 is 15.3 Å². The number of aromatic nitrogens is 4. The molecule has 4 N–H and O–H groups in total. The number of halogens is 2. The molecular weight excluding hydrogens is 477 g/mol. The Morgan fingerprint density at radius 3 is 2.68 bits per heavy atom. The molecule has 0 fully saturated rings. The molecule has 2 atom stereocenters. The van der Waals surface area contributed by atoms with Gasteiger partial charge in [0.1, 0.15) is 5.49 Å². The average molecular weight is 498 g/mol. The second kappa shape index (κ2) is 8.52. The third-order valence-corrected chi connectivity index (χ3v) is 6.54. The molecule has 11 heteroatoms. The zero-order valence-corrected chi connectivity index (χ0v) is 19.8. The summed E-state index contributed by atoms with van der Waals surface area (Å²) in [5.74, 6) is 0.260. The number of fused-ring (bicyclic) bond motifs is 2. The summed E-state index contributed by atoms with van der Waals surface area (Å²) < 4.78 is 1.09. The molecule has 2 aromatic heterocycles. The van der Waals surface area contributed by atoms with Crippen LogP contribution in [0.15, 0.2) is 47.4 Å². The molecule has 1 aliphatic carbocycles. The number of aliphatic hydroxyl groups is 1. The van der Waals surface area contributed by atoms with E-state index in [9.17, 15) is 9.90 Å². The predicted molar refractivity (Wildman–Crippen MR) is 131 cm³/mol. The highest BCUT2D eigenvalue weighted by atomic mass is 35.5. The van der Waals surface area contributed by atoms with Crippen LogP contribution in [0.3, 0.4) is 0 Å². The number of hydrogen-bond acceptors (Lipinski definition) is 7. The minimum atomic E-state index is -0.600. The van der Waals surface area contributed by atoms with Gasteiger partial charge in [0.15, 0.2) is 5.65 Å². The van der Waals surface area contributed by atoms with E-state index in [1.807, 2.05) is 37.2 Å². The van der Waals surface area contributed by atoms with E-state index < -0.39 is 11.8 Å². The number of likely N-dealkylation sites (N-methyl/N-ethyl adjacent to an activating group) is 1. The molecular formula is C23H21Cl2N7O2. The van der Waals surface area contributed by atoms with Gasteiger partial charge in [-0.2, -0.15) is 4.98 Å². The Kier molecular flexibility index (Phi) is 5.65. The normalized spacial score (nSPS) is 17.4. The molecule has 0 saturated heterocycles. The lowest BCUT2D eigenvalue weighted by Crippen LogP contribution is -2.34. The van der Waals surface area contributed by atoms with Gasteiger partial charge in [-0.05, 0) is 49.5 Å². The summed E-state index contributed by atoms with van der Waals surface area (Å²) in [4.78, 5) is 26.3. The van der Waals surface area contributed by atoms with Crippen LogP contribution >= 0.6 is 23.2 Å². The number of para-hydroxylation sites is 1. The van der Waals surface area contributed by atoms with E-state index in [-0.39, 0.29) is 38.9 Å². The van der Waals surface area contributed by atoms with E-state index >= 15 is 0 Å². The maximum absolute atomic E-state index is 12.8. The van der Waals surface area contributed by atoms with Gasteiger partial charge in [0.2, 0.25) is 5.95 Å². The zero-order chi connectivity index (χ0) is 24.1. The smallest absolute Gasteiger partial charge is 0.333 e. The fourth-order valence-electron chi connectivity index (χ4n) is 4.44. The Balaban J connectivity index is 1.53. The Hall–Kier alpha value is -3.24. The topological polar surface area (TPSA) is 123 Å². The van der Waals surface area contributed by atoms with Gasteiger partial charge in [0, 0.05) is 18.3 Å².